The van der Waals surface area contributed by atoms with Gasteiger partial charge in [0.05, 0.1) is 33.7 Å². The SMILES string of the molecule is C=C(C)C.CC.N#Cc1cccc2cccc(-c3ccc(N(c4ccc(-n5c6ccccc6c6ccccc65)cc4)c4ccc(-n5c6ccccc6c6ccccc65)cc4)cc3)c12. The number of hydrogen-bond acceptors (Lipinski definition) is 2. The fourth-order valence-electron chi connectivity index (χ4n) is 8.81. The zero-order valence-corrected chi connectivity index (χ0v) is 36.1. The van der Waals surface area contributed by atoms with Crippen molar-refractivity contribution < 1.29 is 0 Å². The van der Waals surface area contributed by atoms with Gasteiger partial charge >= 0.3 is 0 Å². The van der Waals surface area contributed by atoms with E-state index in [-0.39, 0.29) is 0 Å². The van der Waals surface area contributed by atoms with Gasteiger partial charge < -0.3 is 14.0 Å². The van der Waals surface area contributed by atoms with Crippen molar-refractivity contribution in [1.82, 2.24) is 9.13 Å². The molecule has 0 atom stereocenters. The van der Waals surface area contributed by atoms with E-state index in [1.54, 1.807) is 0 Å². The van der Waals surface area contributed by atoms with E-state index in [1.807, 2.05) is 39.8 Å². The molecule has 0 amide bonds. The number of nitrogens with zero attached hydrogens (tertiary/aromatic N) is 4. The lowest BCUT2D eigenvalue weighted by Gasteiger charge is -2.26. The molecule has 0 radical (unpaired) electrons. The summed E-state index contributed by atoms with van der Waals surface area (Å²) in [5.74, 6) is 0. The minimum atomic E-state index is 0.681. The number of hydrogen-bond donors (Lipinski definition) is 0. The lowest BCUT2D eigenvalue weighted by Crippen LogP contribution is -2.10. The number of anilines is 3. The summed E-state index contributed by atoms with van der Waals surface area (Å²) in [4.78, 5) is 2.32. The second kappa shape index (κ2) is 17.5. The number of rotatable bonds is 6. The third-order valence-electron chi connectivity index (χ3n) is 11.4. The van der Waals surface area contributed by atoms with Crippen LogP contribution in [0.1, 0.15) is 33.3 Å². The van der Waals surface area contributed by atoms with Gasteiger partial charge in [-0.2, -0.15) is 5.26 Å². The molecule has 2 aromatic heterocycles. The Morgan fingerprint density at radius 2 is 0.794 bits per heavy atom. The van der Waals surface area contributed by atoms with Crippen LogP contribution in [0.2, 0.25) is 0 Å². The molecule has 0 fully saturated rings. The van der Waals surface area contributed by atoms with Crippen molar-refractivity contribution in [2.45, 2.75) is 27.7 Å². The zero-order valence-electron chi connectivity index (χ0n) is 36.1. The van der Waals surface area contributed by atoms with E-state index in [4.69, 9.17) is 0 Å². The van der Waals surface area contributed by atoms with Crippen molar-refractivity contribution in [1.29, 1.82) is 5.26 Å². The Morgan fingerprint density at radius 3 is 1.17 bits per heavy atom. The Bertz CT molecular complexity index is 3180. The first-order valence-electron chi connectivity index (χ1n) is 21.6. The second-order valence-electron chi connectivity index (χ2n) is 15.7. The summed E-state index contributed by atoms with van der Waals surface area (Å²) in [6.07, 6.45) is 0. The van der Waals surface area contributed by atoms with Gasteiger partial charge in [-0.3, -0.25) is 0 Å². The summed E-state index contributed by atoms with van der Waals surface area (Å²) >= 11 is 0. The van der Waals surface area contributed by atoms with Crippen LogP contribution in [0.15, 0.2) is 218 Å². The van der Waals surface area contributed by atoms with Gasteiger partial charge in [-0.25, -0.2) is 0 Å². The molecule has 9 aromatic carbocycles. The molecule has 4 heteroatoms. The smallest absolute Gasteiger partial charge is 0.0998 e. The summed E-state index contributed by atoms with van der Waals surface area (Å²) < 4.78 is 4.71. The third kappa shape index (κ3) is 7.41. The van der Waals surface area contributed by atoms with E-state index in [2.05, 4.69) is 221 Å². The molecule has 0 unspecified atom stereocenters. The van der Waals surface area contributed by atoms with Gasteiger partial charge in [0, 0.05) is 55.4 Å². The standard InChI is InChI=1S/C53H34N4.C4H8.C2H6/c54-35-38-13-9-11-37-12-10-18-44(53(37)38)36-23-25-39(26-24-36)55(40-27-31-42(32-28-40)56-49-19-5-1-14-45(49)46-15-2-6-20-50(46)56)41-29-33-43(34-30-41)57-51-21-7-3-16-47(51)48-17-4-8-22-52(48)57;1-4(2)3;1-2/h1-34H;1H2,2-3H3;1-2H3. The minimum absolute atomic E-state index is 0.681. The van der Waals surface area contributed by atoms with Crippen molar-refractivity contribution in [3.8, 4) is 28.6 Å². The van der Waals surface area contributed by atoms with Crippen LogP contribution in [0, 0.1) is 11.3 Å². The Balaban J connectivity index is 0.000000798. The predicted octanol–water partition coefficient (Wildman–Crippen LogP) is 16.7. The highest BCUT2D eigenvalue weighted by atomic mass is 15.1. The minimum Gasteiger partial charge on any atom is -0.311 e. The fraction of sp³-hybridized carbons (Fsp3) is 0.0678. The maximum Gasteiger partial charge on any atom is 0.0998 e. The van der Waals surface area contributed by atoms with Crippen molar-refractivity contribution in [3.63, 3.8) is 0 Å². The van der Waals surface area contributed by atoms with E-state index in [9.17, 15) is 5.26 Å². The highest BCUT2D eigenvalue weighted by molar-refractivity contribution is 6.10. The van der Waals surface area contributed by atoms with Crippen LogP contribution in [-0.2, 0) is 0 Å². The van der Waals surface area contributed by atoms with Gasteiger partial charge in [-0.1, -0.05) is 135 Å². The molecule has 0 bridgehead atoms. The number of benzene rings is 9. The molecule has 11 rings (SSSR count). The molecule has 0 aliphatic rings. The highest BCUT2D eigenvalue weighted by Crippen LogP contribution is 2.40. The van der Waals surface area contributed by atoms with Gasteiger partial charge in [0.25, 0.3) is 0 Å². The molecule has 0 N–H and O–H groups in total. The van der Waals surface area contributed by atoms with Gasteiger partial charge in [-0.15, -0.1) is 6.58 Å². The lowest BCUT2D eigenvalue weighted by molar-refractivity contribution is 1.17. The molecule has 0 aliphatic carbocycles. The molecule has 0 saturated carbocycles. The Labute approximate surface area is 369 Å². The zero-order chi connectivity index (χ0) is 43.5. The molecule has 0 spiro atoms. The number of nitriles is 1. The summed E-state index contributed by atoms with van der Waals surface area (Å²) in [7, 11) is 0. The lowest BCUT2D eigenvalue weighted by atomic mass is 9.95. The van der Waals surface area contributed by atoms with Crippen molar-refractivity contribution in [2.75, 3.05) is 4.90 Å². The number of allylic oxidation sites excluding steroid dienone is 1. The van der Waals surface area contributed by atoms with Crippen LogP contribution in [0.25, 0.3) is 76.9 Å². The molecule has 0 saturated heterocycles. The molecule has 304 valence electrons. The maximum absolute atomic E-state index is 9.98. The van der Waals surface area contributed by atoms with E-state index in [0.717, 1.165) is 50.3 Å². The third-order valence-corrected chi connectivity index (χ3v) is 11.4. The monoisotopic (exact) mass is 812 g/mol. The van der Waals surface area contributed by atoms with Gasteiger partial charge in [-0.05, 0) is 121 Å². The fourth-order valence-corrected chi connectivity index (χ4v) is 8.81. The Kier molecular flexibility index (Phi) is 11.2. The van der Waals surface area contributed by atoms with Gasteiger partial charge in [0.15, 0.2) is 0 Å². The van der Waals surface area contributed by atoms with Crippen LogP contribution in [0.3, 0.4) is 0 Å². The first-order chi connectivity index (χ1) is 31.0. The first kappa shape index (κ1) is 40.3. The van der Waals surface area contributed by atoms with E-state index in [1.165, 1.54) is 49.2 Å². The van der Waals surface area contributed by atoms with Gasteiger partial charge in [0.1, 0.15) is 0 Å². The van der Waals surface area contributed by atoms with Gasteiger partial charge in [0.2, 0.25) is 0 Å². The molecule has 63 heavy (non-hydrogen) atoms. The van der Waals surface area contributed by atoms with Crippen LogP contribution < -0.4 is 4.90 Å². The van der Waals surface area contributed by atoms with Crippen LogP contribution in [-0.4, -0.2) is 9.13 Å². The normalized spacial score (nSPS) is 10.9. The topological polar surface area (TPSA) is 36.9 Å². The highest BCUT2D eigenvalue weighted by Gasteiger charge is 2.18. The Hall–Kier alpha value is -8.13. The van der Waals surface area contributed by atoms with Crippen molar-refractivity contribution in [3.05, 3.63) is 224 Å². The molecular weight excluding hydrogens is 765 g/mol. The molecule has 0 aliphatic heterocycles. The number of aromatic nitrogens is 2. The summed E-state index contributed by atoms with van der Waals surface area (Å²) in [6, 6.07) is 75.6. The summed E-state index contributed by atoms with van der Waals surface area (Å²) in [6.45, 7) is 11.5. The quantitative estimate of drug-likeness (QED) is 0.157. The van der Waals surface area contributed by atoms with Crippen LogP contribution in [0.4, 0.5) is 17.1 Å². The maximum atomic E-state index is 9.98. The second-order valence-corrected chi connectivity index (χ2v) is 15.7. The molecular formula is C59H48N4. The van der Waals surface area contributed by atoms with Crippen LogP contribution >= 0.6 is 0 Å². The average molecular weight is 813 g/mol. The first-order valence-corrected chi connectivity index (χ1v) is 21.6. The van der Waals surface area contributed by atoms with Crippen molar-refractivity contribution in [2.24, 2.45) is 0 Å². The van der Waals surface area contributed by atoms with E-state index < -0.39 is 0 Å². The number of para-hydroxylation sites is 4. The Morgan fingerprint density at radius 1 is 0.444 bits per heavy atom. The van der Waals surface area contributed by atoms with E-state index in [0.29, 0.717) is 5.56 Å². The van der Waals surface area contributed by atoms with Crippen LogP contribution in [0.5, 0.6) is 0 Å². The average Bonchev–Trinajstić information content (AvgIpc) is 3.86. The largest absolute Gasteiger partial charge is 0.311 e. The molecule has 11 aromatic rings. The molecule has 4 nitrogen and oxygen atoms in total. The van der Waals surface area contributed by atoms with Crippen molar-refractivity contribution >= 4 is 71.4 Å². The van der Waals surface area contributed by atoms with E-state index >= 15 is 0 Å². The number of fused-ring (bicyclic) bond motifs is 7. The summed E-state index contributed by atoms with van der Waals surface area (Å²) in [5, 5.41) is 17.0. The molecule has 2 heterocycles. The summed E-state index contributed by atoms with van der Waals surface area (Å²) in [5.41, 5.74) is 14.1. The predicted molar refractivity (Wildman–Crippen MR) is 269 cm³/mol.